The number of benzene rings is 2. The molecule has 27 heavy (non-hydrogen) atoms. The number of anilines is 1. The Kier molecular flexibility index (Phi) is 5.99. The number of hydrogen-bond donors (Lipinski definition) is 0. The van der Waals surface area contributed by atoms with E-state index in [9.17, 15) is 9.59 Å². The number of cyclic esters (lactones) is 1. The number of methoxy groups -OCH3 is 1. The first-order valence-electron chi connectivity index (χ1n) is 8.36. The van der Waals surface area contributed by atoms with Crippen molar-refractivity contribution in [3.63, 3.8) is 0 Å². The van der Waals surface area contributed by atoms with Crippen LogP contribution in [0.15, 0.2) is 53.4 Å². The van der Waals surface area contributed by atoms with Crippen molar-refractivity contribution in [2.45, 2.75) is 17.4 Å². The molecule has 1 fully saturated rings. The zero-order valence-corrected chi connectivity index (χ0v) is 15.6. The summed E-state index contributed by atoms with van der Waals surface area (Å²) in [6, 6.07) is 16.6. The minimum absolute atomic E-state index is 0.232. The first-order valence-corrected chi connectivity index (χ1v) is 9.34. The number of amides is 1. The molecule has 0 aromatic heterocycles. The quantitative estimate of drug-likeness (QED) is 0.563. The second-order valence-corrected chi connectivity index (χ2v) is 7.08. The summed E-state index contributed by atoms with van der Waals surface area (Å²) in [5, 5.41) is 8.86. The molecule has 1 unspecified atom stereocenters. The summed E-state index contributed by atoms with van der Waals surface area (Å²) >= 11 is 1.57. The molecule has 0 saturated carbocycles. The monoisotopic (exact) mass is 382 g/mol. The molecule has 3 rings (SSSR count). The van der Waals surface area contributed by atoms with Crippen LogP contribution in [0, 0.1) is 11.3 Å². The van der Waals surface area contributed by atoms with E-state index in [0.717, 1.165) is 10.5 Å². The number of carbonyl (C=O) groups is 2. The standard InChI is InChI=1S/C20H18N2O4S/c1-25-19(23)10-15-3-2-4-18(9-15)27-13-17-12-22(20(24)26-17)16-7-5-14(11-21)6-8-16/h2-9,17H,10,12-13H2,1H3. The molecule has 1 saturated heterocycles. The highest BCUT2D eigenvalue weighted by Gasteiger charge is 2.32. The third-order valence-corrected chi connectivity index (χ3v) is 5.22. The van der Waals surface area contributed by atoms with E-state index >= 15 is 0 Å². The van der Waals surface area contributed by atoms with E-state index in [1.54, 1.807) is 40.9 Å². The van der Waals surface area contributed by atoms with Crippen LogP contribution in [0.1, 0.15) is 11.1 Å². The first kappa shape index (κ1) is 18.8. The average Bonchev–Trinajstić information content (AvgIpc) is 3.07. The van der Waals surface area contributed by atoms with Crippen molar-refractivity contribution < 1.29 is 19.1 Å². The summed E-state index contributed by atoms with van der Waals surface area (Å²) in [5.74, 6) is 0.333. The fourth-order valence-electron chi connectivity index (χ4n) is 2.71. The smallest absolute Gasteiger partial charge is 0.414 e. The van der Waals surface area contributed by atoms with Crippen LogP contribution in [-0.2, 0) is 20.7 Å². The van der Waals surface area contributed by atoms with E-state index in [1.165, 1.54) is 7.11 Å². The van der Waals surface area contributed by atoms with Crippen LogP contribution in [0.2, 0.25) is 0 Å². The molecule has 1 amide bonds. The molecular weight excluding hydrogens is 364 g/mol. The zero-order valence-electron chi connectivity index (χ0n) is 14.8. The normalized spacial score (nSPS) is 15.9. The van der Waals surface area contributed by atoms with Crippen molar-refractivity contribution >= 4 is 29.5 Å². The zero-order chi connectivity index (χ0) is 19.2. The van der Waals surface area contributed by atoms with E-state index in [-0.39, 0.29) is 24.6 Å². The highest BCUT2D eigenvalue weighted by molar-refractivity contribution is 7.99. The molecule has 1 heterocycles. The predicted molar refractivity (Wildman–Crippen MR) is 102 cm³/mol. The van der Waals surface area contributed by atoms with Crippen molar-refractivity contribution in [2.75, 3.05) is 24.3 Å². The van der Waals surface area contributed by atoms with E-state index in [1.807, 2.05) is 24.3 Å². The van der Waals surface area contributed by atoms with Crippen LogP contribution < -0.4 is 4.90 Å². The van der Waals surface area contributed by atoms with Crippen LogP contribution >= 0.6 is 11.8 Å². The molecule has 6 nitrogen and oxygen atoms in total. The SMILES string of the molecule is COC(=O)Cc1cccc(SCC2CN(c3ccc(C#N)cc3)C(=O)O2)c1. The summed E-state index contributed by atoms with van der Waals surface area (Å²) in [6.07, 6.45) is -0.386. The van der Waals surface area contributed by atoms with E-state index < -0.39 is 0 Å². The van der Waals surface area contributed by atoms with Gasteiger partial charge in [-0.05, 0) is 42.0 Å². The highest BCUT2D eigenvalue weighted by Crippen LogP contribution is 2.27. The maximum Gasteiger partial charge on any atom is 0.414 e. The van der Waals surface area contributed by atoms with Gasteiger partial charge in [0.2, 0.25) is 0 Å². The third-order valence-electron chi connectivity index (χ3n) is 4.09. The minimum Gasteiger partial charge on any atom is -0.469 e. The van der Waals surface area contributed by atoms with E-state index in [0.29, 0.717) is 23.5 Å². The fraction of sp³-hybridized carbons (Fsp3) is 0.250. The number of rotatable bonds is 6. The Morgan fingerprint density at radius 2 is 2.11 bits per heavy atom. The van der Waals surface area contributed by atoms with Crippen molar-refractivity contribution in [1.82, 2.24) is 0 Å². The van der Waals surface area contributed by atoms with Crippen LogP contribution in [0.4, 0.5) is 10.5 Å². The Bertz CT molecular complexity index is 876. The topological polar surface area (TPSA) is 79.6 Å². The van der Waals surface area contributed by atoms with E-state index in [4.69, 9.17) is 10.00 Å². The average molecular weight is 382 g/mol. The number of esters is 1. The molecule has 138 valence electrons. The largest absolute Gasteiger partial charge is 0.469 e. The molecule has 7 heteroatoms. The number of thioether (sulfide) groups is 1. The van der Waals surface area contributed by atoms with Crippen LogP contribution in [-0.4, -0.2) is 37.6 Å². The Hall–Kier alpha value is -2.98. The Morgan fingerprint density at radius 3 is 2.81 bits per heavy atom. The fourth-order valence-corrected chi connectivity index (χ4v) is 3.67. The van der Waals surface area contributed by atoms with E-state index in [2.05, 4.69) is 10.8 Å². The van der Waals surface area contributed by atoms with Crippen molar-refractivity contribution in [3.05, 3.63) is 59.7 Å². The first-order chi connectivity index (χ1) is 13.1. The predicted octanol–water partition coefficient (Wildman–Crippen LogP) is 3.39. The second kappa shape index (κ2) is 8.60. The van der Waals surface area contributed by atoms with Crippen LogP contribution in [0.25, 0.3) is 0 Å². The minimum atomic E-state index is -0.384. The maximum atomic E-state index is 12.1. The van der Waals surface area contributed by atoms with Crippen LogP contribution in [0.5, 0.6) is 0 Å². The molecule has 1 atom stereocenters. The molecular formula is C20H18N2O4S. The Labute approximate surface area is 161 Å². The van der Waals surface area contributed by atoms with Crippen molar-refractivity contribution in [3.8, 4) is 6.07 Å². The van der Waals surface area contributed by atoms with Gasteiger partial charge in [-0.1, -0.05) is 12.1 Å². The molecule has 2 aromatic carbocycles. The lowest BCUT2D eigenvalue weighted by molar-refractivity contribution is -0.139. The van der Waals surface area contributed by atoms with Gasteiger partial charge in [0, 0.05) is 16.3 Å². The number of nitrogens with zero attached hydrogens (tertiary/aromatic N) is 2. The van der Waals surface area contributed by atoms with Gasteiger partial charge in [-0.15, -0.1) is 11.8 Å². The maximum absolute atomic E-state index is 12.1. The summed E-state index contributed by atoms with van der Waals surface area (Å²) < 4.78 is 10.1. The lowest BCUT2D eigenvalue weighted by Gasteiger charge is -2.12. The molecule has 0 spiro atoms. The highest BCUT2D eigenvalue weighted by atomic mass is 32.2. The summed E-state index contributed by atoms with van der Waals surface area (Å²) in [6.45, 7) is 0.458. The van der Waals surface area contributed by atoms with Gasteiger partial charge < -0.3 is 9.47 Å². The summed E-state index contributed by atoms with van der Waals surface area (Å²) in [4.78, 5) is 26.1. The lowest BCUT2D eigenvalue weighted by Crippen LogP contribution is -2.24. The molecule has 0 radical (unpaired) electrons. The van der Waals surface area contributed by atoms with Crippen molar-refractivity contribution in [2.24, 2.45) is 0 Å². The molecule has 2 aromatic rings. The lowest BCUT2D eigenvalue weighted by atomic mass is 10.1. The molecule has 0 aliphatic carbocycles. The Morgan fingerprint density at radius 1 is 1.33 bits per heavy atom. The summed E-state index contributed by atoms with van der Waals surface area (Å²) in [5.41, 5.74) is 2.14. The van der Waals surface area contributed by atoms with Gasteiger partial charge in [0.25, 0.3) is 0 Å². The number of carbonyl (C=O) groups excluding carboxylic acids is 2. The molecule has 0 bridgehead atoms. The van der Waals surface area contributed by atoms with Gasteiger partial charge in [-0.25, -0.2) is 4.79 Å². The molecule has 1 aliphatic heterocycles. The van der Waals surface area contributed by atoms with Crippen LogP contribution in [0.3, 0.4) is 0 Å². The number of ether oxygens (including phenoxy) is 2. The van der Waals surface area contributed by atoms with Gasteiger partial charge >= 0.3 is 12.1 Å². The number of nitriles is 1. The van der Waals surface area contributed by atoms with Gasteiger partial charge in [-0.3, -0.25) is 9.69 Å². The van der Waals surface area contributed by atoms with Gasteiger partial charge in [0.1, 0.15) is 6.10 Å². The summed E-state index contributed by atoms with van der Waals surface area (Å²) in [7, 11) is 1.37. The van der Waals surface area contributed by atoms with Gasteiger partial charge in [0.05, 0.1) is 31.7 Å². The third kappa shape index (κ3) is 4.80. The number of hydrogen-bond acceptors (Lipinski definition) is 6. The molecule has 0 N–H and O–H groups in total. The molecule has 1 aliphatic rings. The Balaban J connectivity index is 1.58. The van der Waals surface area contributed by atoms with Crippen molar-refractivity contribution in [1.29, 1.82) is 5.26 Å². The second-order valence-electron chi connectivity index (χ2n) is 5.99. The van der Waals surface area contributed by atoms with Gasteiger partial charge in [0.15, 0.2) is 0 Å². The van der Waals surface area contributed by atoms with Gasteiger partial charge in [-0.2, -0.15) is 5.26 Å².